The van der Waals surface area contributed by atoms with Crippen molar-refractivity contribution in [3.05, 3.63) is 29.6 Å². The molecule has 19 N–H and O–H groups in total. The predicted octanol–water partition coefficient (Wildman–Crippen LogP) is -8.45. The minimum absolute atomic E-state index is 0. The van der Waals surface area contributed by atoms with Gasteiger partial charge in [-0.25, -0.2) is 0 Å². The number of carbonyl (C=O) groups is 2. The van der Waals surface area contributed by atoms with Gasteiger partial charge in [-0.2, -0.15) is 0 Å². The fourth-order valence-electron chi connectivity index (χ4n) is 0.663. The van der Waals surface area contributed by atoms with Crippen LogP contribution in [0.4, 0.5) is 0 Å². The van der Waals surface area contributed by atoms with Gasteiger partial charge in [0.15, 0.2) is 0 Å². The fraction of sp³-hybridized carbons (Fsp3) is 0. The maximum Gasteiger partial charge on any atom is 2.00 e. The van der Waals surface area contributed by atoms with Crippen LogP contribution in [0.2, 0.25) is 0 Å². The molecule has 0 fully saturated rings. The average Bonchev–Trinajstić information content (AvgIpc) is 2.04. The summed E-state index contributed by atoms with van der Waals surface area (Å²) in [5.41, 5.74) is -0.562. The first kappa shape index (κ1) is 51.6. The zero-order chi connectivity index (χ0) is 9.14. The van der Waals surface area contributed by atoms with Crippen LogP contribution in [0.1, 0.15) is 20.7 Å². The molecular weight excluding hydrogens is 333 g/mol. The SMILES string of the molecule is O.O.O=C([O-])c1cncc(C(=O)[O-])c1.[Ni+2].[OH3+].[OH3+].[OH3+].[OH3+].[OH3+]. The molecule has 1 aromatic heterocycles. The predicted molar refractivity (Wildman–Crippen MR) is 64.5 cm³/mol. The topological polar surface area (TPSA) is 321 Å². The molecule has 0 saturated heterocycles. The van der Waals surface area contributed by atoms with Gasteiger partial charge in [-0.15, -0.1) is 0 Å². The van der Waals surface area contributed by atoms with E-state index in [9.17, 15) is 19.8 Å². The largest absolute Gasteiger partial charge is 2.00 e. The molecule has 0 atom stereocenters. The summed E-state index contributed by atoms with van der Waals surface area (Å²) in [6, 6.07) is 0.928. The van der Waals surface area contributed by atoms with Crippen molar-refractivity contribution < 1.29 is 74.6 Å². The van der Waals surface area contributed by atoms with E-state index in [1.807, 2.05) is 0 Å². The van der Waals surface area contributed by atoms with E-state index in [1.165, 1.54) is 0 Å². The Morgan fingerprint density at radius 1 is 0.800 bits per heavy atom. The van der Waals surface area contributed by atoms with E-state index in [2.05, 4.69) is 4.98 Å². The second-order valence-corrected chi connectivity index (χ2v) is 2.04. The summed E-state index contributed by atoms with van der Waals surface area (Å²) in [6.07, 6.45) is 2.00. The molecule has 0 unspecified atom stereocenters. The first-order valence-electron chi connectivity index (χ1n) is 2.99. The van der Waals surface area contributed by atoms with Crippen LogP contribution in [0.25, 0.3) is 0 Å². The molecule has 1 aromatic rings. The van der Waals surface area contributed by atoms with Gasteiger partial charge < -0.3 is 58.1 Å². The summed E-state index contributed by atoms with van der Waals surface area (Å²) in [4.78, 5) is 23.8. The average molecular weight is 355 g/mol. The Morgan fingerprint density at radius 3 is 1.25 bits per heavy atom. The maximum absolute atomic E-state index is 10.2. The Bertz CT molecular complexity index is 318. The van der Waals surface area contributed by atoms with Crippen LogP contribution in [-0.2, 0) is 43.9 Å². The molecule has 0 amide bonds. The summed E-state index contributed by atoms with van der Waals surface area (Å²) in [7, 11) is 0. The molecule has 0 aliphatic carbocycles. The van der Waals surface area contributed by atoms with E-state index in [1.54, 1.807) is 0 Å². The summed E-state index contributed by atoms with van der Waals surface area (Å²) in [5, 5.41) is 20.4. The third kappa shape index (κ3) is 14.4. The number of hydrogen-bond donors (Lipinski definition) is 0. The Labute approximate surface area is 122 Å². The molecule has 0 saturated carbocycles. The number of rotatable bonds is 2. The molecule has 0 aliphatic heterocycles. The molecule has 12 nitrogen and oxygen atoms in total. The van der Waals surface area contributed by atoms with Gasteiger partial charge in [0.2, 0.25) is 0 Å². The molecule has 13 heteroatoms. The second-order valence-electron chi connectivity index (χ2n) is 2.04. The molecular formula is C7H22NNiO11+5. The number of carboxylic acid groups (broad SMARTS) is 2. The van der Waals surface area contributed by atoms with E-state index in [0.717, 1.165) is 18.5 Å². The van der Waals surface area contributed by atoms with Gasteiger partial charge in [0.05, 0.1) is 11.9 Å². The van der Waals surface area contributed by atoms with Crippen LogP contribution < -0.4 is 10.2 Å². The number of nitrogens with zero attached hydrogens (tertiary/aromatic N) is 1. The minimum Gasteiger partial charge on any atom is -0.545 e. The van der Waals surface area contributed by atoms with Crippen LogP contribution in [-0.4, -0.2) is 27.9 Å². The Kier molecular flexibility index (Phi) is 58.0. The minimum atomic E-state index is -1.47. The van der Waals surface area contributed by atoms with Gasteiger partial charge >= 0.3 is 16.5 Å². The molecule has 0 aliphatic rings. The molecule has 20 heavy (non-hydrogen) atoms. The van der Waals surface area contributed by atoms with E-state index >= 15 is 0 Å². The van der Waals surface area contributed by atoms with Crippen LogP contribution in [0.15, 0.2) is 18.5 Å². The van der Waals surface area contributed by atoms with E-state index < -0.39 is 11.9 Å². The number of carboxylic acids is 2. The number of hydrogen-bond acceptors (Lipinski definition) is 5. The van der Waals surface area contributed by atoms with Gasteiger partial charge in [-0.05, 0) is 6.07 Å². The molecule has 0 radical (unpaired) electrons. The third-order valence-corrected chi connectivity index (χ3v) is 1.21. The van der Waals surface area contributed by atoms with Crippen molar-refractivity contribution in [3.63, 3.8) is 0 Å². The van der Waals surface area contributed by atoms with E-state index in [0.29, 0.717) is 0 Å². The van der Waals surface area contributed by atoms with Crippen molar-refractivity contribution >= 4 is 11.9 Å². The maximum atomic E-state index is 10.2. The number of aromatic carboxylic acids is 2. The van der Waals surface area contributed by atoms with Crippen LogP contribution in [0.5, 0.6) is 0 Å². The second kappa shape index (κ2) is 22.5. The van der Waals surface area contributed by atoms with E-state index in [4.69, 9.17) is 0 Å². The summed E-state index contributed by atoms with van der Waals surface area (Å²) in [5.74, 6) is -2.93. The van der Waals surface area contributed by atoms with Gasteiger partial charge in [0, 0.05) is 23.5 Å². The van der Waals surface area contributed by atoms with Crippen molar-refractivity contribution in [2.24, 2.45) is 0 Å². The molecule has 0 aromatic carbocycles. The Hall–Kier alpha value is -1.70. The van der Waals surface area contributed by atoms with Crippen LogP contribution >= 0.6 is 0 Å². The van der Waals surface area contributed by atoms with Gasteiger partial charge in [-0.3, -0.25) is 4.98 Å². The van der Waals surface area contributed by atoms with Crippen molar-refractivity contribution in [3.8, 4) is 0 Å². The smallest absolute Gasteiger partial charge is 0.545 e. The molecule has 1 rings (SSSR count). The zero-order valence-electron chi connectivity index (χ0n) is 10.0. The Balaban J connectivity index is -0.0000000300. The number of pyridine rings is 1. The van der Waals surface area contributed by atoms with Crippen LogP contribution in [0.3, 0.4) is 0 Å². The molecule has 1 heterocycles. The third-order valence-electron chi connectivity index (χ3n) is 1.21. The summed E-state index contributed by atoms with van der Waals surface area (Å²) in [6.45, 7) is 0. The standard InChI is InChI=1S/C7H5NO4.Ni.7H2O/c9-6(10)4-1-5(7(11)12)3-8-2-4;;;;;;;;/h1-3H,(H,9,10)(H,11,12);;7*1H2/q;+2;;;;;;;/p+3. The zero-order valence-corrected chi connectivity index (χ0v) is 11.0. The summed E-state index contributed by atoms with van der Waals surface area (Å²) >= 11 is 0. The van der Waals surface area contributed by atoms with Crippen molar-refractivity contribution in [1.29, 1.82) is 0 Å². The normalized spacial score (nSPS) is 5.60. The Morgan fingerprint density at radius 2 is 1.05 bits per heavy atom. The van der Waals surface area contributed by atoms with E-state index in [-0.39, 0.29) is 66.0 Å². The van der Waals surface area contributed by atoms with Gasteiger partial charge in [-0.1, -0.05) is 0 Å². The number of aromatic nitrogens is 1. The first-order valence-corrected chi connectivity index (χ1v) is 2.99. The quantitative estimate of drug-likeness (QED) is 0.367. The monoisotopic (exact) mass is 354 g/mol. The summed E-state index contributed by atoms with van der Waals surface area (Å²) < 4.78 is 0. The van der Waals surface area contributed by atoms with Crippen LogP contribution in [0, 0.1) is 0 Å². The van der Waals surface area contributed by atoms with Gasteiger partial charge in [0.1, 0.15) is 0 Å². The molecule has 0 bridgehead atoms. The van der Waals surface area contributed by atoms with Crippen molar-refractivity contribution in [2.75, 3.05) is 0 Å². The van der Waals surface area contributed by atoms with Crippen molar-refractivity contribution in [1.82, 2.24) is 4.98 Å². The fourth-order valence-corrected chi connectivity index (χ4v) is 0.663. The number of carbonyl (C=O) groups excluding carboxylic acids is 2. The van der Waals surface area contributed by atoms with Crippen molar-refractivity contribution in [2.45, 2.75) is 0 Å². The molecule has 126 valence electrons. The first-order chi connectivity index (χ1) is 5.61. The molecule has 0 spiro atoms. The van der Waals surface area contributed by atoms with Gasteiger partial charge in [0.25, 0.3) is 0 Å².